The van der Waals surface area contributed by atoms with E-state index in [4.69, 9.17) is 5.73 Å². The number of aliphatic imine (C=N–C) groups is 1. The first-order chi connectivity index (χ1) is 11.2. The van der Waals surface area contributed by atoms with Crippen LogP contribution in [0.15, 0.2) is 23.2 Å². The maximum atomic E-state index is 12.1. The van der Waals surface area contributed by atoms with Gasteiger partial charge in [-0.1, -0.05) is 12.1 Å². The molecular weight excluding hydrogens is 288 g/mol. The topological polar surface area (TPSA) is 70.7 Å². The number of fused-ring (bicyclic) bond motifs is 1. The maximum Gasteiger partial charge on any atom is 0.244 e. The molecule has 2 aliphatic rings. The Morgan fingerprint density at radius 3 is 2.74 bits per heavy atom. The quantitative estimate of drug-likeness (QED) is 0.664. The summed E-state index contributed by atoms with van der Waals surface area (Å²) in [5.74, 6) is 0.402. The van der Waals surface area contributed by atoms with Crippen molar-refractivity contribution in [2.75, 3.05) is 25.0 Å². The molecule has 0 saturated carbocycles. The molecular formula is C18H26N4O. The van der Waals surface area contributed by atoms with Crippen molar-refractivity contribution in [3.05, 3.63) is 29.3 Å². The minimum atomic E-state index is 0.0736. The minimum absolute atomic E-state index is 0.0736. The SMILES string of the molecule is NC(=NCC(=O)N1CCCCC1)Nc1cccc2c1CCCC2. The number of hydrogen-bond donors (Lipinski definition) is 2. The molecule has 3 N–H and O–H groups in total. The van der Waals surface area contributed by atoms with Crippen LogP contribution in [0.3, 0.4) is 0 Å². The molecule has 1 heterocycles. The van der Waals surface area contributed by atoms with Crippen LogP contribution < -0.4 is 11.1 Å². The lowest BCUT2D eigenvalue weighted by molar-refractivity contribution is -0.130. The molecule has 3 rings (SSSR count). The predicted octanol–water partition coefficient (Wildman–Crippen LogP) is 2.30. The molecule has 0 aromatic heterocycles. The lowest BCUT2D eigenvalue weighted by Crippen LogP contribution is -2.37. The van der Waals surface area contributed by atoms with Gasteiger partial charge in [-0.3, -0.25) is 4.79 Å². The van der Waals surface area contributed by atoms with Gasteiger partial charge in [0.25, 0.3) is 0 Å². The average Bonchev–Trinajstić information content (AvgIpc) is 2.61. The summed E-state index contributed by atoms with van der Waals surface area (Å²) in [6.07, 6.45) is 8.10. The summed E-state index contributed by atoms with van der Waals surface area (Å²) < 4.78 is 0. The second-order valence-corrected chi connectivity index (χ2v) is 6.42. The fraction of sp³-hybridized carbons (Fsp3) is 0.556. The normalized spacial score (nSPS) is 18.4. The summed E-state index contributed by atoms with van der Waals surface area (Å²) >= 11 is 0. The van der Waals surface area contributed by atoms with Gasteiger partial charge in [0.05, 0.1) is 0 Å². The zero-order chi connectivity index (χ0) is 16.1. The van der Waals surface area contributed by atoms with Crippen LogP contribution in [0, 0.1) is 0 Å². The number of aryl methyl sites for hydroxylation is 1. The van der Waals surface area contributed by atoms with Crippen LogP contribution in [0.2, 0.25) is 0 Å². The molecule has 1 saturated heterocycles. The van der Waals surface area contributed by atoms with E-state index in [9.17, 15) is 4.79 Å². The maximum absolute atomic E-state index is 12.1. The molecule has 5 heteroatoms. The lowest BCUT2D eigenvalue weighted by Gasteiger charge is -2.26. The van der Waals surface area contributed by atoms with Crippen molar-refractivity contribution in [2.24, 2.45) is 10.7 Å². The van der Waals surface area contributed by atoms with Crippen molar-refractivity contribution in [1.82, 2.24) is 4.90 Å². The van der Waals surface area contributed by atoms with Crippen molar-refractivity contribution < 1.29 is 4.79 Å². The average molecular weight is 314 g/mol. The van der Waals surface area contributed by atoms with E-state index in [0.717, 1.165) is 44.5 Å². The van der Waals surface area contributed by atoms with Gasteiger partial charge >= 0.3 is 0 Å². The van der Waals surface area contributed by atoms with E-state index < -0.39 is 0 Å². The van der Waals surface area contributed by atoms with Crippen LogP contribution in [0.25, 0.3) is 0 Å². The van der Waals surface area contributed by atoms with Crippen molar-refractivity contribution in [2.45, 2.75) is 44.9 Å². The van der Waals surface area contributed by atoms with Crippen LogP contribution in [0.4, 0.5) is 5.69 Å². The van der Waals surface area contributed by atoms with Crippen LogP contribution in [-0.4, -0.2) is 36.4 Å². The Kier molecular flexibility index (Phi) is 5.16. The Morgan fingerprint density at radius 1 is 1.13 bits per heavy atom. The number of likely N-dealkylation sites (tertiary alicyclic amines) is 1. The zero-order valence-electron chi connectivity index (χ0n) is 13.7. The van der Waals surface area contributed by atoms with E-state index in [2.05, 4.69) is 22.4 Å². The van der Waals surface area contributed by atoms with E-state index in [0.29, 0.717) is 5.96 Å². The van der Waals surface area contributed by atoms with E-state index in [1.807, 2.05) is 11.0 Å². The molecule has 1 fully saturated rings. The molecule has 0 bridgehead atoms. The third-order valence-corrected chi connectivity index (χ3v) is 4.75. The largest absolute Gasteiger partial charge is 0.370 e. The van der Waals surface area contributed by atoms with Gasteiger partial charge in [0.2, 0.25) is 5.91 Å². The minimum Gasteiger partial charge on any atom is -0.370 e. The number of benzene rings is 1. The number of anilines is 1. The molecule has 1 aliphatic carbocycles. The van der Waals surface area contributed by atoms with Crippen LogP contribution in [0.5, 0.6) is 0 Å². The highest BCUT2D eigenvalue weighted by atomic mass is 16.2. The van der Waals surface area contributed by atoms with Gasteiger partial charge in [-0.25, -0.2) is 4.99 Å². The van der Waals surface area contributed by atoms with Crippen molar-refractivity contribution in [3.8, 4) is 0 Å². The first kappa shape index (κ1) is 15.8. The van der Waals surface area contributed by atoms with E-state index >= 15 is 0 Å². The third-order valence-electron chi connectivity index (χ3n) is 4.75. The number of guanidine groups is 1. The summed E-state index contributed by atoms with van der Waals surface area (Å²) in [7, 11) is 0. The van der Waals surface area contributed by atoms with Gasteiger partial charge < -0.3 is 16.0 Å². The molecule has 1 amide bonds. The second-order valence-electron chi connectivity index (χ2n) is 6.42. The highest BCUT2D eigenvalue weighted by molar-refractivity contribution is 5.94. The third kappa shape index (κ3) is 4.03. The summed E-state index contributed by atoms with van der Waals surface area (Å²) in [5.41, 5.74) is 9.77. The molecule has 0 spiro atoms. The fourth-order valence-electron chi connectivity index (χ4n) is 3.47. The van der Waals surface area contributed by atoms with Gasteiger partial charge in [0.15, 0.2) is 5.96 Å². The summed E-state index contributed by atoms with van der Waals surface area (Å²) in [5, 5.41) is 3.19. The number of nitrogens with one attached hydrogen (secondary N) is 1. The Morgan fingerprint density at radius 2 is 1.91 bits per heavy atom. The lowest BCUT2D eigenvalue weighted by atomic mass is 9.90. The number of hydrogen-bond acceptors (Lipinski definition) is 2. The van der Waals surface area contributed by atoms with Gasteiger partial charge in [0, 0.05) is 18.8 Å². The molecule has 1 aromatic rings. The van der Waals surface area contributed by atoms with Crippen molar-refractivity contribution >= 4 is 17.6 Å². The van der Waals surface area contributed by atoms with Crippen LogP contribution >= 0.6 is 0 Å². The molecule has 1 aliphatic heterocycles. The summed E-state index contributed by atoms with van der Waals surface area (Å²) in [6.45, 7) is 1.84. The van der Waals surface area contributed by atoms with Crippen molar-refractivity contribution in [1.29, 1.82) is 0 Å². The molecule has 0 radical (unpaired) electrons. The molecule has 1 aromatic carbocycles. The fourth-order valence-corrected chi connectivity index (χ4v) is 3.47. The Labute approximate surface area is 138 Å². The Balaban J connectivity index is 1.60. The Bertz CT molecular complexity index is 591. The zero-order valence-corrected chi connectivity index (χ0v) is 13.7. The molecule has 5 nitrogen and oxygen atoms in total. The smallest absolute Gasteiger partial charge is 0.244 e. The summed E-state index contributed by atoms with van der Waals surface area (Å²) in [6, 6.07) is 6.28. The molecule has 0 unspecified atom stereocenters. The molecule has 23 heavy (non-hydrogen) atoms. The van der Waals surface area contributed by atoms with Crippen LogP contribution in [-0.2, 0) is 17.6 Å². The number of nitrogens with two attached hydrogens (primary N) is 1. The number of rotatable bonds is 3. The van der Waals surface area contributed by atoms with Crippen LogP contribution in [0.1, 0.15) is 43.2 Å². The predicted molar refractivity (Wildman–Crippen MR) is 93.6 cm³/mol. The summed E-state index contributed by atoms with van der Waals surface area (Å²) in [4.78, 5) is 18.3. The highest BCUT2D eigenvalue weighted by Gasteiger charge is 2.16. The highest BCUT2D eigenvalue weighted by Crippen LogP contribution is 2.27. The number of carbonyl (C=O) groups excluding carboxylic acids is 1. The van der Waals surface area contributed by atoms with E-state index in [-0.39, 0.29) is 12.5 Å². The van der Waals surface area contributed by atoms with Gasteiger partial charge in [-0.15, -0.1) is 0 Å². The number of piperidine rings is 1. The number of nitrogens with zero attached hydrogens (tertiary/aromatic N) is 2. The van der Waals surface area contributed by atoms with Gasteiger partial charge in [0.1, 0.15) is 6.54 Å². The van der Waals surface area contributed by atoms with Gasteiger partial charge in [-0.05, 0) is 62.1 Å². The standard InChI is InChI=1S/C18H26N4O/c19-18(20-13-17(23)22-11-4-1-5-12-22)21-16-10-6-8-14-7-2-3-9-15(14)16/h6,8,10H,1-5,7,9,11-13H2,(H3,19,20,21). The molecule has 124 valence electrons. The monoisotopic (exact) mass is 314 g/mol. The number of amides is 1. The Hall–Kier alpha value is -2.04. The van der Waals surface area contributed by atoms with Crippen molar-refractivity contribution in [3.63, 3.8) is 0 Å². The van der Waals surface area contributed by atoms with Gasteiger partial charge in [-0.2, -0.15) is 0 Å². The molecule has 0 atom stereocenters. The van der Waals surface area contributed by atoms with E-state index in [1.165, 1.54) is 30.4 Å². The first-order valence-electron chi connectivity index (χ1n) is 8.69. The first-order valence-corrected chi connectivity index (χ1v) is 8.69. The second kappa shape index (κ2) is 7.49. The number of carbonyl (C=O) groups is 1. The van der Waals surface area contributed by atoms with E-state index in [1.54, 1.807) is 0 Å².